The van der Waals surface area contributed by atoms with Crippen molar-refractivity contribution in [1.29, 1.82) is 0 Å². The van der Waals surface area contributed by atoms with Gasteiger partial charge in [0.2, 0.25) is 5.88 Å². The molecular formula is C16H11Cl2NO5. The Morgan fingerprint density at radius 3 is 2.62 bits per heavy atom. The van der Waals surface area contributed by atoms with Crippen molar-refractivity contribution < 1.29 is 19.1 Å². The first-order valence-electron chi connectivity index (χ1n) is 6.80. The van der Waals surface area contributed by atoms with Crippen LogP contribution in [0.15, 0.2) is 44.9 Å². The molecule has 6 nitrogen and oxygen atoms in total. The van der Waals surface area contributed by atoms with Crippen LogP contribution in [0.3, 0.4) is 0 Å². The second-order valence-corrected chi connectivity index (χ2v) is 6.05. The molecule has 0 bridgehead atoms. The standard InChI is InChI=1S/C16H11Cl2NO5/c1-6-4-10-12(16(22)23-6)11(13(15(20)21)14(19)24-10)8-3-2-7(17)5-9(8)18/h2-5,11H,19H2,1H3,(H,20,21)/t11-/m1/s1. The fourth-order valence-electron chi connectivity index (χ4n) is 2.67. The van der Waals surface area contributed by atoms with Crippen LogP contribution >= 0.6 is 23.2 Å². The highest BCUT2D eigenvalue weighted by Gasteiger charge is 2.38. The minimum Gasteiger partial charge on any atom is -0.478 e. The Morgan fingerprint density at radius 1 is 1.29 bits per heavy atom. The van der Waals surface area contributed by atoms with E-state index < -0.39 is 17.5 Å². The fourth-order valence-corrected chi connectivity index (χ4v) is 3.19. The van der Waals surface area contributed by atoms with Gasteiger partial charge < -0.3 is 20.0 Å². The van der Waals surface area contributed by atoms with E-state index in [1.165, 1.54) is 12.1 Å². The average Bonchev–Trinajstić information content (AvgIpc) is 2.44. The highest BCUT2D eigenvalue weighted by atomic mass is 35.5. The fraction of sp³-hybridized carbons (Fsp3) is 0.125. The van der Waals surface area contributed by atoms with Crippen LogP contribution < -0.4 is 16.1 Å². The van der Waals surface area contributed by atoms with Crippen LogP contribution in [0.25, 0.3) is 0 Å². The summed E-state index contributed by atoms with van der Waals surface area (Å²) in [6.07, 6.45) is 0. The van der Waals surface area contributed by atoms with E-state index in [0.29, 0.717) is 16.3 Å². The monoisotopic (exact) mass is 367 g/mol. The predicted octanol–water partition coefficient (Wildman–Crippen LogP) is 3.03. The van der Waals surface area contributed by atoms with Crippen molar-refractivity contribution in [3.63, 3.8) is 0 Å². The first-order chi connectivity index (χ1) is 11.3. The summed E-state index contributed by atoms with van der Waals surface area (Å²) >= 11 is 12.1. The number of hydrogen-bond donors (Lipinski definition) is 2. The summed E-state index contributed by atoms with van der Waals surface area (Å²) in [4.78, 5) is 24.0. The Balaban J connectivity index is 2.36. The molecule has 124 valence electrons. The highest BCUT2D eigenvalue weighted by Crippen LogP contribution is 2.43. The molecule has 0 radical (unpaired) electrons. The van der Waals surface area contributed by atoms with Gasteiger partial charge in [-0.1, -0.05) is 29.3 Å². The third-order valence-electron chi connectivity index (χ3n) is 3.64. The van der Waals surface area contributed by atoms with E-state index >= 15 is 0 Å². The van der Waals surface area contributed by atoms with Gasteiger partial charge in [0.15, 0.2) is 0 Å². The van der Waals surface area contributed by atoms with Crippen LogP contribution in [0.5, 0.6) is 5.75 Å². The smallest absolute Gasteiger partial charge is 0.343 e. The maximum Gasteiger partial charge on any atom is 0.343 e. The summed E-state index contributed by atoms with van der Waals surface area (Å²) in [6, 6.07) is 6.02. The Kier molecular flexibility index (Phi) is 4.03. The molecule has 8 heteroatoms. The van der Waals surface area contributed by atoms with Gasteiger partial charge in [-0.15, -0.1) is 0 Å². The Bertz CT molecular complexity index is 948. The first kappa shape index (κ1) is 16.4. The first-order valence-corrected chi connectivity index (χ1v) is 7.55. The van der Waals surface area contributed by atoms with Crippen molar-refractivity contribution in [2.45, 2.75) is 12.8 Å². The van der Waals surface area contributed by atoms with Crippen LogP contribution in [-0.2, 0) is 4.79 Å². The molecule has 0 fully saturated rings. The lowest BCUT2D eigenvalue weighted by Crippen LogP contribution is -2.30. The second-order valence-electron chi connectivity index (χ2n) is 5.21. The van der Waals surface area contributed by atoms with Crippen molar-refractivity contribution in [2.75, 3.05) is 0 Å². The van der Waals surface area contributed by atoms with Crippen LogP contribution in [0.2, 0.25) is 10.0 Å². The van der Waals surface area contributed by atoms with Gasteiger partial charge in [-0.25, -0.2) is 9.59 Å². The lowest BCUT2D eigenvalue weighted by Gasteiger charge is -2.27. The number of aryl methyl sites for hydroxylation is 1. The van der Waals surface area contributed by atoms with Gasteiger partial charge in [0.25, 0.3) is 0 Å². The van der Waals surface area contributed by atoms with E-state index in [9.17, 15) is 14.7 Å². The third kappa shape index (κ3) is 2.64. The predicted molar refractivity (Wildman–Crippen MR) is 87.5 cm³/mol. The summed E-state index contributed by atoms with van der Waals surface area (Å²) in [5.74, 6) is -2.22. The van der Waals surface area contributed by atoms with E-state index in [1.807, 2.05) is 0 Å². The van der Waals surface area contributed by atoms with Crippen molar-refractivity contribution >= 4 is 29.2 Å². The average molecular weight is 368 g/mol. The molecule has 3 rings (SSSR count). The Morgan fingerprint density at radius 2 is 2.00 bits per heavy atom. The van der Waals surface area contributed by atoms with Crippen LogP contribution in [0.4, 0.5) is 0 Å². The van der Waals surface area contributed by atoms with E-state index in [0.717, 1.165) is 0 Å². The summed E-state index contributed by atoms with van der Waals surface area (Å²) in [5.41, 5.74) is 5.16. The zero-order valence-corrected chi connectivity index (χ0v) is 13.8. The molecule has 0 unspecified atom stereocenters. The topological polar surface area (TPSA) is 103 Å². The molecule has 24 heavy (non-hydrogen) atoms. The molecule has 1 aromatic carbocycles. The summed E-state index contributed by atoms with van der Waals surface area (Å²) < 4.78 is 10.4. The number of benzene rings is 1. The minimum absolute atomic E-state index is 0.0245. The number of carbonyl (C=O) groups is 1. The van der Waals surface area contributed by atoms with E-state index in [4.69, 9.17) is 38.1 Å². The molecule has 0 saturated heterocycles. The van der Waals surface area contributed by atoms with Gasteiger partial charge in [0.05, 0.1) is 11.5 Å². The molecule has 1 aromatic heterocycles. The summed E-state index contributed by atoms with van der Waals surface area (Å²) in [6.45, 7) is 1.57. The molecule has 0 spiro atoms. The zero-order chi connectivity index (χ0) is 17.6. The van der Waals surface area contributed by atoms with E-state index in [2.05, 4.69) is 0 Å². The van der Waals surface area contributed by atoms with Crippen LogP contribution in [0.1, 0.15) is 22.8 Å². The number of carboxylic acid groups (broad SMARTS) is 1. The number of halogens is 2. The molecule has 2 aromatic rings. The normalized spacial score (nSPS) is 16.5. The molecular weight excluding hydrogens is 357 g/mol. The quantitative estimate of drug-likeness (QED) is 0.845. The molecule has 3 N–H and O–H groups in total. The summed E-state index contributed by atoms with van der Waals surface area (Å²) in [5, 5.41) is 10.1. The number of nitrogens with two attached hydrogens (primary N) is 1. The van der Waals surface area contributed by atoms with Gasteiger partial charge in [0.1, 0.15) is 17.1 Å². The van der Waals surface area contributed by atoms with Crippen molar-refractivity contribution in [2.24, 2.45) is 5.73 Å². The van der Waals surface area contributed by atoms with Crippen molar-refractivity contribution in [3.05, 3.63) is 73.1 Å². The minimum atomic E-state index is -1.32. The Labute approximate surface area is 146 Å². The van der Waals surface area contributed by atoms with E-state index in [-0.39, 0.29) is 27.8 Å². The molecule has 0 aliphatic carbocycles. The highest BCUT2D eigenvalue weighted by molar-refractivity contribution is 6.35. The number of rotatable bonds is 2. The SMILES string of the molecule is Cc1cc2c(c(=O)o1)[C@@H](c1ccc(Cl)cc1Cl)C(C(=O)O)=C(N)O2. The lowest BCUT2D eigenvalue weighted by molar-refractivity contribution is -0.133. The van der Waals surface area contributed by atoms with Gasteiger partial charge in [-0.3, -0.25) is 0 Å². The third-order valence-corrected chi connectivity index (χ3v) is 4.20. The van der Waals surface area contributed by atoms with E-state index in [1.54, 1.807) is 19.1 Å². The molecule has 1 aliphatic heterocycles. The number of fused-ring (bicyclic) bond motifs is 1. The largest absolute Gasteiger partial charge is 0.478 e. The van der Waals surface area contributed by atoms with Gasteiger partial charge >= 0.3 is 11.6 Å². The van der Waals surface area contributed by atoms with Crippen molar-refractivity contribution in [3.8, 4) is 5.75 Å². The van der Waals surface area contributed by atoms with Crippen molar-refractivity contribution in [1.82, 2.24) is 0 Å². The lowest BCUT2D eigenvalue weighted by atomic mass is 9.84. The van der Waals surface area contributed by atoms with Gasteiger partial charge in [0, 0.05) is 16.1 Å². The molecule has 1 aliphatic rings. The van der Waals surface area contributed by atoms with Gasteiger partial charge in [-0.05, 0) is 24.6 Å². The maximum absolute atomic E-state index is 12.3. The number of hydrogen-bond acceptors (Lipinski definition) is 5. The molecule has 1 atom stereocenters. The Hall–Kier alpha value is -2.44. The maximum atomic E-state index is 12.3. The number of aliphatic carboxylic acids is 1. The number of carboxylic acids is 1. The number of ether oxygens (including phenoxy) is 1. The zero-order valence-electron chi connectivity index (χ0n) is 12.3. The summed E-state index contributed by atoms with van der Waals surface area (Å²) in [7, 11) is 0. The van der Waals surface area contributed by atoms with Gasteiger partial charge in [-0.2, -0.15) is 0 Å². The van der Waals surface area contributed by atoms with Crippen LogP contribution in [0, 0.1) is 6.92 Å². The molecule has 0 amide bonds. The molecule has 0 saturated carbocycles. The second kappa shape index (κ2) is 5.89. The molecule has 2 heterocycles. The van der Waals surface area contributed by atoms with Crippen LogP contribution in [-0.4, -0.2) is 11.1 Å².